The van der Waals surface area contributed by atoms with E-state index in [0.29, 0.717) is 35.3 Å². The highest BCUT2D eigenvalue weighted by Crippen LogP contribution is 2.34. The standard InChI is InChI=1S/C24H21NO5/c1-27-22-13-17(7-10-20(22)28-15-18-5-3-2-4-6-18)8-12-24(26)25-19-9-11-21-23(14-19)30-16-29-21/h2-14H,15-16H2,1H3,(H,25,26)/b12-8+. The van der Waals surface area contributed by atoms with Crippen LogP contribution in [0.2, 0.25) is 0 Å². The van der Waals surface area contributed by atoms with Crippen molar-refractivity contribution in [2.24, 2.45) is 0 Å². The third-order valence-corrected chi connectivity index (χ3v) is 4.49. The van der Waals surface area contributed by atoms with E-state index in [1.165, 1.54) is 6.08 Å². The number of benzene rings is 3. The van der Waals surface area contributed by atoms with Crippen molar-refractivity contribution in [3.05, 3.63) is 83.9 Å². The summed E-state index contributed by atoms with van der Waals surface area (Å²) in [5.74, 6) is 2.28. The lowest BCUT2D eigenvalue weighted by atomic mass is 10.2. The maximum absolute atomic E-state index is 12.2. The predicted molar refractivity (Wildman–Crippen MR) is 114 cm³/mol. The average Bonchev–Trinajstić information content (AvgIpc) is 3.25. The molecule has 0 radical (unpaired) electrons. The largest absolute Gasteiger partial charge is 0.493 e. The Kier molecular flexibility index (Phi) is 5.85. The van der Waals surface area contributed by atoms with Gasteiger partial charge in [0.05, 0.1) is 7.11 Å². The van der Waals surface area contributed by atoms with E-state index in [-0.39, 0.29) is 12.7 Å². The van der Waals surface area contributed by atoms with Crippen LogP contribution in [-0.4, -0.2) is 19.8 Å². The van der Waals surface area contributed by atoms with E-state index in [2.05, 4.69) is 5.32 Å². The van der Waals surface area contributed by atoms with Gasteiger partial charge in [-0.2, -0.15) is 0 Å². The molecule has 4 rings (SSSR count). The van der Waals surface area contributed by atoms with E-state index in [9.17, 15) is 4.79 Å². The van der Waals surface area contributed by atoms with Crippen molar-refractivity contribution < 1.29 is 23.7 Å². The number of amides is 1. The highest BCUT2D eigenvalue weighted by atomic mass is 16.7. The van der Waals surface area contributed by atoms with Crippen molar-refractivity contribution in [1.29, 1.82) is 0 Å². The molecule has 0 unspecified atom stereocenters. The van der Waals surface area contributed by atoms with Gasteiger partial charge < -0.3 is 24.3 Å². The maximum Gasteiger partial charge on any atom is 0.248 e. The molecular weight excluding hydrogens is 382 g/mol. The zero-order valence-corrected chi connectivity index (χ0v) is 16.5. The molecule has 152 valence electrons. The second-order valence-electron chi connectivity index (χ2n) is 6.58. The van der Waals surface area contributed by atoms with Gasteiger partial charge in [0.15, 0.2) is 23.0 Å². The van der Waals surface area contributed by atoms with Crippen molar-refractivity contribution in [2.45, 2.75) is 6.61 Å². The number of ether oxygens (including phenoxy) is 4. The van der Waals surface area contributed by atoms with Crippen LogP contribution in [0.5, 0.6) is 23.0 Å². The van der Waals surface area contributed by atoms with Gasteiger partial charge >= 0.3 is 0 Å². The average molecular weight is 403 g/mol. The molecular formula is C24H21NO5. The Balaban J connectivity index is 1.38. The van der Waals surface area contributed by atoms with E-state index in [1.54, 1.807) is 31.4 Å². The number of rotatable bonds is 7. The second-order valence-corrected chi connectivity index (χ2v) is 6.58. The molecule has 1 amide bonds. The molecule has 0 aromatic heterocycles. The van der Waals surface area contributed by atoms with Gasteiger partial charge in [0.1, 0.15) is 6.61 Å². The fraction of sp³-hybridized carbons (Fsp3) is 0.125. The molecule has 0 saturated carbocycles. The van der Waals surface area contributed by atoms with Crippen LogP contribution in [0, 0.1) is 0 Å². The third kappa shape index (κ3) is 4.72. The van der Waals surface area contributed by atoms with Crippen LogP contribution < -0.4 is 24.3 Å². The number of hydrogen-bond acceptors (Lipinski definition) is 5. The van der Waals surface area contributed by atoms with Gasteiger partial charge in [-0.3, -0.25) is 4.79 Å². The van der Waals surface area contributed by atoms with Gasteiger partial charge in [0, 0.05) is 17.8 Å². The number of carbonyl (C=O) groups excluding carboxylic acids is 1. The Labute approximate surface area is 174 Å². The van der Waals surface area contributed by atoms with Crippen LogP contribution in [0.25, 0.3) is 6.08 Å². The normalized spacial score (nSPS) is 12.0. The SMILES string of the molecule is COc1cc(/C=C/C(=O)Nc2ccc3c(c2)OCO3)ccc1OCc1ccccc1. The first-order valence-corrected chi connectivity index (χ1v) is 9.45. The van der Waals surface area contributed by atoms with Gasteiger partial charge in [-0.1, -0.05) is 36.4 Å². The minimum Gasteiger partial charge on any atom is -0.493 e. The van der Waals surface area contributed by atoms with Gasteiger partial charge in [-0.15, -0.1) is 0 Å². The van der Waals surface area contributed by atoms with Crippen LogP contribution in [0.1, 0.15) is 11.1 Å². The second kappa shape index (κ2) is 9.05. The maximum atomic E-state index is 12.2. The number of anilines is 1. The minimum atomic E-state index is -0.253. The molecule has 6 heteroatoms. The van der Waals surface area contributed by atoms with Crippen molar-refractivity contribution in [3.8, 4) is 23.0 Å². The summed E-state index contributed by atoms with van der Waals surface area (Å²) in [5.41, 5.74) is 2.53. The molecule has 1 heterocycles. The van der Waals surface area contributed by atoms with Crippen molar-refractivity contribution >= 4 is 17.7 Å². The molecule has 0 fully saturated rings. The van der Waals surface area contributed by atoms with Gasteiger partial charge in [0.2, 0.25) is 12.7 Å². The Morgan fingerprint density at radius 1 is 1.00 bits per heavy atom. The molecule has 6 nitrogen and oxygen atoms in total. The van der Waals surface area contributed by atoms with Crippen LogP contribution >= 0.6 is 0 Å². The number of methoxy groups -OCH3 is 1. The van der Waals surface area contributed by atoms with Gasteiger partial charge in [-0.05, 0) is 41.5 Å². The summed E-state index contributed by atoms with van der Waals surface area (Å²) in [7, 11) is 1.59. The van der Waals surface area contributed by atoms with Crippen LogP contribution in [0.15, 0.2) is 72.8 Å². The topological polar surface area (TPSA) is 66.0 Å². The zero-order chi connectivity index (χ0) is 20.8. The molecule has 30 heavy (non-hydrogen) atoms. The zero-order valence-electron chi connectivity index (χ0n) is 16.5. The summed E-state index contributed by atoms with van der Waals surface area (Å²) < 4.78 is 21.9. The number of nitrogens with one attached hydrogen (secondary N) is 1. The lowest BCUT2D eigenvalue weighted by Crippen LogP contribution is -2.07. The quantitative estimate of drug-likeness (QED) is 0.582. The summed E-state index contributed by atoms with van der Waals surface area (Å²) in [6, 6.07) is 20.7. The minimum absolute atomic E-state index is 0.194. The first-order chi connectivity index (χ1) is 14.7. The van der Waals surface area contributed by atoms with Gasteiger partial charge in [0.25, 0.3) is 0 Å². The Morgan fingerprint density at radius 2 is 1.83 bits per heavy atom. The lowest BCUT2D eigenvalue weighted by molar-refractivity contribution is -0.111. The molecule has 0 saturated heterocycles. The lowest BCUT2D eigenvalue weighted by Gasteiger charge is -2.11. The highest BCUT2D eigenvalue weighted by Gasteiger charge is 2.13. The fourth-order valence-corrected chi connectivity index (χ4v) is 2.97. The van der Waals surface area contributed by atoms with E-state index < -0.39 is 0 Å². The first kappa shape index (κ1) is 19.4. The fourth-order valence-electron chi connectivity index (χ4n) is 2.97. The van der Waals surface area contributed by atoms with Crippen LogP contribution in [0.4, 0.5) is 5.69 Å². The van der Waals surface area contributed by atoms with Crippen molar-refractivity contribution in [2.75, 3.05) is 19.2 Å². The molecule has 0 atom stereocenters. The van der Waals surface area contributed by atoms with Crippen molar-refractivity contribution in [3.63, 3.8) is 0 Å². The predicted octanol–water partition coefficient (Wildman–Crippen LogP) is 4.65. The summed E-state index contributed by atoms with van der Waals surface area (Å²) in [6.07, 6.45) is 3.18. The van der Waals surface area contributed by atoms with Crippen LogP contribution in [0.3, 0.4) is 0 Å². The molecule has 3 aromatic carbocycles. The Hall–Kier alpha value is -3.93. The number of hydrogen-bond donors (Lipinski definition) is 1. The van der Waals surface area contributed by atoms with Crippen LogP contribution in [-0.2, 0) is 11.4 Å². The summed E-state index contributed by atoms with van der Waals surface area (Å²) in [6.45, 7) is 0.643. The molecule has 1 aliphatic heterocycles. The number of carbonyl (C=O) groups is 1. The molecule has 0 bridgehead atoms. The number of fused-ring (bicyclic) bond motifs is 1. The monoisotopic (exact) mass is 403 g/mol. The Morgan fingerprint density at radius 3 is 2.67 bits per heavy atom. The Bertz CT molecular complexity index is 1060. The molecule has 0 spiro atoms. The molecule has 0 aliphatic carbocycles. The highest BCUT2D eigenvalue weighted by molar-refractivity contribution is 6.02. The first-order valence-electron chi connectivity index (χ1n) is 9.45. The van der Waals surface area contributed by atoms with Gasteiger partial charge in [-0.25, -0.2) is 0 Å². The van der Waals surface area contributed by atoms with E-state index >= 15 is 0 Å². The third-order valence-electron chi connectivity index (χ3n) is 4.49. The summed E-state index contributed by atoms with van der Waals surface area (Å²) in [4.78, 5) is 12.2. The molecule has 1 aliphatic rings. The molecule has 1 N–H and O–H groups in total. The summed E-state index contributed by atoms with van der Waals surface area (Å²) in [5, 5.41) is 2.80. The smallest absolute Gasteiger partial charge is 0.248 e. The summed E-state index contributed by atoms with van der Waals surface area (Å²) >= 11 is 0. The molecule has 3 aromatic rings. The van der Waals surface area contributed by atoms with E-state index in [0.717, 1.165) is 11.1 Å². The van der Waals surface area contributed by atoms with E-state index in [4.69, 9.17) is 18.9 Å². The van der Waals surface area contributed by atoms with Crippen molar-refractivity contribution in [1.82, 2.24) is 0 Å². The van der Waals surface area contributed by atoms with E-state index in [1.807, 2.05) is 48.5 Å².